The Hall–Kier alpha value is -2.82. The molecule has 0 aromatic carbocycles. The van der Waals surface area contributed by atoms with Gasteiger partial charge in [0.25, 0.3) is 0 Å². The number of anilines is 1. The number of halogens is 1. The average Bonchev–Trinajstić information content (AvgIpc) is 3.30. The van der Waals surface area contributed by atoms with E-state index in [1.807, 2.05) is 6.92 Å². The van der Waals surface area contributed by atoms with E-state index in [0.29, 0.717) is 46.4 Å². The first-order chi connectivity index (χ1) is 14.9. The van der Waals surface area contributed by atoms with Gasteiger partial charge in [-0.05, 0) is 19.4 Å². The highest BCUT2D eigenvalue weighted by Crippen LogP contribution is 2.67. The van der Waals surface area contributed by atoms with Gasteiger partial charge in [-0.25, -0.2) is 15.0 Å². The summed E-state index contributed by atoms with van der Waals surface area (Å²) in [5.74, 6) is 0.463. The molecule has 0 bridgehead atoms. The minimum atomic E-state index is -1.16. The third-order valence-corrected chi connectivity index (χ3v) is 6.58. The first kappa shape index (κ1) is 20.1. The lowest BCUT2D eigenvalue weighted by Gasteiger charge is -2.23. The van der Waals surface area contributed by atoms with E-state index in [2.05, 4.69) is 30.6 Å². The summed E-state index contributed by atoms with van der Waals surface area (Å²) in [6, 6.07) is 1.18. The molecule has 162 valence electrons. The van der Waals surface area contributed by atoms with Gasteiger partial charge in [-0.2, -0.15) is 0 Å². The van der Waals surface area contributed by atoms with Crippen LogP contribution in [0.5, 0.6) is 0 Å². The fourth-order valence-electron chi connectivity index (χ4n) is 4.85. The number of pyridine rings is 1. The van der Waals surface area contributed by atoms with E-state index in [-0.39, 0.29) is 11.8 Å². The molecule has 0 radical (unpaired) electrons. The van der Waals surface area contributed by atoms with Crippen molar-refractivity contribution in [1.29, 1.82) is 0 Å². The standard InChI is InChI=1S/C20H22ClN7O3/c1-3-24-19(31)20-5-11(20)13(14(29)15(20)30)28-8-25-12-17(22-2)26-16(27-18(12)28)9-4-10(21)7-23-6-9/h4,6-8,11,13-15,29-30H,3,5H2,1-2H3,(H,24,31)(H,22,26,27)/t11-,13?,14+,15+,20+/m1/s1. The summed E-state index contributed by atoms with van der Waals surface area (Å²) in [4.78, 5) is 30.4. The molecule has 2 saturated carbocycles. The monoisotopic (exact) mass is 443 g/mol. The summed E-state index contributed by atoms with van der Waals surface area (Å²) in [7, 11) is 1.73. The van der Waals surface area contributed by atoms with Gasteiger partial charge in [-0.1, -0.05) is 11.6 Å². The van der Waals surface area contributed by atoms with E-state index >= 15 is 0 Å². The van der Waals surface area contributed by atoms with Crippen molar-refractivity contribution in [3.63, 3.8) is 0 Å². The first-order valence-corrected chi connectivity index (χ1v) is 10.5. The van der Waals surface area contributed by atoms with Crippen molar-refractivity contribution in [2.45, 2.75) is 31.6 Å². The maximum absolute atomic E-state index is 12.7. The number of hydrogen-bond donors (Lipinski definition) is 4. The Balaban J connectivity index is 1.62. The molecule has 0 aliphatic heterocycles. The third kappa shape index (κ3) is 2.82. The van der Waals surface area contributed by atoms with Crippen LogP contribution in [0.25, 0.3) is 22.6 Å². The lowest BCUT2D eigenvalue weighted by Crippen LogP contribution is -2.42. The van der Waals surface area contributed by atoms with Crippen LogP contribution in [0.2, 0.25) is 5.02 Å². The molecule has 11 heteroatoms. The minimum Gasteiger partial charge on any atom is -0.389 e. The van der Waals surface area contributed by atoms with Crippen molar-refractivity contribution in [2.75, 3.05) is 18.9 Å². The summed E-state index contributed by atoms with van der Waals surface area (Å²) < 4.78 is 1.74. The largest absolute Gasteiger partial charge is 0.389 e. The van der Waals surface area contributed by atoms with Crippen molar-refractivity contribution in [1.82, 2.24) is 29.8 Å². The van der Waals surface area contributed by atoms with Crippen molar-refractivity contribution in [2.24, 2.45) is 11.3 Å². The number of nitrogens with one attached hydrogen (secondary N) is 2. The molecular weight excluding hydrogens is 422 g/mol. The van der Waals surface area contributed by atoms with Gasteiger partial charge in [0.15, 0.2) is 17.3 Å². The molecule has 5 atom stereocenters. The number of carbonyl (C=O) groups is 1. The Bertz CT molecular complexity index is 1180. The number of imidazole rings is 1. The van der Waals surface area contributed by atoms with Crippen LogP contribution >= 0.6 is 11.6 Å². The summed E-state index contributed by atoms with van der Waals surface area (Å²) in [6.45, 7) is 2.29. The van der Waals surface area contributed by atoms with Gasteiger partial charge in [0, 0.05) is 37.5 Å². The highest BCUT2D eigenvalue weighted by atomic mass is 35.5. The molecule has 2 aliphatic carbocycles. The zero-order valence-electron chi connectivity index (χ0n) is 16.9. The molecule has 4 N–H and O–H groups in total. The van der Waals surface area contributed by atoms with E-state index < -0.39 is 23.7 Å². The maximum atomic E-state index is 12.7. The fraction of sp³-hybridized carbons (Fsp3) is 0.450. The smallest absolute Gasteiger partial charge is 0.229 e. The second-order valence-corrected chi connectivity index (χ2v) is 8.43. The molecule has 5 rings (SSSR count). The number of aromatic nitrogens is 5. The minimum absolute atomic E-state index is 0.217. The van der Waals surface area contributed by atoms with Crippen LogP contribution in [0.4, 0.5) is 5.82 Å². The topological polar surface area (TPSA) is 138 Å². The number of rotatable bonds is 5. The SMILES string of the molecule is CCNC(=O)[C@@]12C[C@@H]1C(n1cnc3c(NC)nc(-c4cncc(Cl)c4)nc31)[C@H](O)[C@@H]2O. The van der Waals surface area contributed by atoms with Gasteiger partial charge in [-0.3, -0.25) is 9.78 Å². The summed E-state index contributed by atoms with van der Waals surface area (Å²) in [6.07, 6.45) is 2.93. The zero-order valence-corrected chi connectivity index (χ0v) is 17.7. The molecule has 1 unspecified atom stereocenters. The molecule has 2 aliphatic rings. The molecule has 0 saturated heterocycles. The first-order valence-electron chi connectivity index (χ1n) is 10.1. The number of aliphatic hydroxyl groups excluding tert-OH is 2. The van der Waals surface area contributed by atoms with Crippen molar-refractivity contribution in [3.8, 4) is 11.4 Å². The van der Waals surface area contributed by atoms with E-state index in [4.69, 9.17) is 11.6 Å². The average molecular weight is 444 g/mol. The summed E-state index contributed by atoms with van der Waals surface area (Å²) in [5, 5.41) is 27.9. The third-order valence-electron chi connectivity index (χ3n) is 6.38. The maximum Gasteiger partial charge on any atom is 0.229 e. The van der Waals surface area contributed by atoms with E-state index in [1.54, 1.807) is 30.2 Å². The zero-order chi connectivity index (χ0) is 21.9. The molecule has 10 nitrogen and oxygen atoms in total. The van der Waals surface area contributed by atoms with Crippen LogP contribution in [-0.4, -0.2) is 66.4 Å². The van der Waals surface area contributed by atoms with Gasteiger partial charge < -0.3 is 25.4 Å². The number of nitrogens with zero attached hydrogens (tertiary/aromatic N) is 5. The van der Waals surface area contributed by atoms with Crippen molar-refractivity contribution >= 4 is 34.5 Å². The summed E-state index contributed by atoms with van der Waals surface area (Å²) in [5.41, 5.74) is 0.673. The number of amides is 1. The molecule has 2 fully saturated rings. The molecule has 0 spiro atoms. The lowest BCUT2D eigenvalue weighted by molar-refractivity contribution is -0.132. The number of fused-ring (bicyclic) bond motifs is 2. The van der Waals surface area contributed by atoms with Gasteiger partial charge in [0.1, 0.15) is 11.6 Å². The molecule has 31 heavy (non-hydrogen) atoms. The Labute approximate surface area is 182 Å². The molecule has 3 heterocycles. The van der Waals surface area contributed by atoms with E-state index in [9.17, 15) is 15.0 Å². The Kier molecular flexibility index (Phi) is 4.61. The quantitative estimate of drug-likeness (QED) is 0.458. The van der Waals surface area contributed by atoms with Crippen LogP contribution in [0.15, 0.2) is 24.8 Å². The van der Waals surface area contributed by atoms with Gasteiger partial charge in [0.2, 0.25) is 5.91 Å². The van der Waals surface area contributed by atoms with Crippen molar-refractivity contribution in [3.05, 3.63) is 29.8 Å². The highest BCUT2D eigenvalue weighted by Gasteiger charge is 2.75. The van der Waals surface area contributed by atoms with Crippen LogP contribution in [0, 0.1) is 11.3 Å². The van der Waals surface area contributed by atoms with Crippen LogP contribution < -0.4 is 10.6 Å². The number of aliphatic hydroxyl groups is 2. The number of hydrogen-bond acceptors (Lipinski definition) is 8. The Morgan fingerprint density at radius 1 is 1.35 bits per heavy atom. The van der Waals surface area contributed by atoms with Crippen LogP contribution in [0.3, 0.4) is 0 Å². The van der Waals surface area contributed by atoms with Crippen molar-refractivity contribution < 1.29 is 15.0 Å². The van der Waals surface area contributed by atoms with Crippen LogP contribution in [0.1, 0.15) is 19.4 Å². The molecule has 3 aromatic rings. The highest BCUT2D eigenvalue weighted by molar-refractivity contribution is 6.30. The molecule has 3 aromatic heterocycles. The fourth-order valence-corrected chi connectivity index (χ4v) is 5.03. The second-order valence-electron chi connectivity index (χ2n) is 8.00. The molecule has 1 amide bonds. The van der Waals surface area contributed by atoms with Gasteiger partial charge >= 0.3 is 0 Å². The predicted molar refractivity (Wildman–Crippen MR) is 113 cm³/mol. The molecular formula is C20H22ClN7O3. The normalized spacial score (nSPS) is 29.1. The number of carbonyl (C=O) groups excluding carboxylic acids is 1. The van der Waals surface area contributed by atoms with E-state index in [0.717, 1.165) is 0 Å². The van der Waals surface area contributed by atoms with E-state index in [1.165, 1.54) is 6.20 Å². The van der Waals surface area contributed by atoms with Gasteiger partial charge in [0.05, 0.1) is 28.9 Å². The second kappa shape index (κ2) is 7.11. The predicted octanol–water partition coefficient (Wildman–Crippen LogP) is 1.00. The lowest BCUT2D eigenvalue weighted by atomic mass is 9.98. The summed E-state index contributed by atoms with van der Waals surface area (Å²) >= 11 is 6.08. The van der Waals surface area contributed by atoms with Gasteiger partial charge in [-0.15, -0.1) is 0 Å². The Morgan fingerprint density at radius 3 is 2.87 bits per heavy atom. The Morgan fingerprint density at radius 2 is 2.16 bits per heavy atom. The van der Waals surface area contributed by atoms with Crippen LogP contribution in [-0.2, 0) is 4.79 Å².